The van der Waals surface area contributed by atoms with Crippen molar-refractivity contribution in [2.24, 2.45) is 0 Å². The lowest BCUT2D eigenvalue weighted by Crippen LogP contribution is -2.30. The van der Waals surface area contributed by atoms with Gasteiger partial charge < -0.3 is 19.0 Å². The molecule has 1 N–H and O–H groups in total. The van der Waals surface area contributed by atoms with Crippen molar-refractivity contribution in [2.75, 3.05) is 5.32 Å². The highest BCUT2D eigenvalue weighted by molar-refractivity contribution is 6.30. The molecule has 0 spiro atoms. The molecule has 0 bridgehead atoms. The van der Waals surface area contributed by atoms with Gasteiger partial charge in [0.1, 0.15) is 11.6 Å². The summed E-state index contributed by atoms with van der Waals surface area (Å²) in [6.45, 7) is 5.74. The van der Waals surface area contributed by atoms with Gasteiger partial charge in [0, 0.05) is 17.6 Å². The molecule has 0 aliphatic rings. The predicted octanol–water partition coefficient (Wildman–Crippen LogP) is 3.98. The van der Waals surface area contributed by atoms with Crippen molar-refractivity contribution in [3.8, 4) is 0 Å². The third-order valence-corrected chi connectivity index (χ3v) is 4.54. The lowest BCUT2D eigenvalue weighted by atomic mass is 10.2. The molecule has 1 amide bonds. The number of pyridine rings is 1. The van der Waals surface area contributed by atoms with E-state index in [1.165, 1.54) is 13.1 Å². The van der Waals surface area contributed by atoms with Crippen molar-refractivity contribution in [3.05, 3.63) is 70.5 Å². The smallest absolute Gasteiger partial charge is 0.340 e. The van der Waals surface area contributed by atoms with Crippen LogP contribution in [0.15, 0.2) is 47.2 Å². The summed E-state index contributed by atoms with van der Waals surface area (Å²) < 4.78 is 12.7. The first-order valence-corrected chi connectivity index (χ1v) is 9.05. The molecule has 7 nitrogen and oxygen atoms in total. The molecule has 3 rings (SSSR count). The van der Waals surface area contributed by atoms with Gasteiger partial charge in [0.2, 0.25) is 0 Å². The number of ether oxygens (including phenoxy) is 1. The van der Waals surface area contributed by atoms with Crippen molar-refractivity contribution in [1.29, 1.82) is 0 Å². The topological polar surface area (TPSA) is 86.4 Å². The average molecular weight is 402 g/mol. The average Bonchev–Trinajstić information content (AvgIpc) is 3.27. The van der Waals surface area contributed by atoms with E-state index in [9.17, 15) is 9.59 Å². The summed E-state index contributed by atoms with van der Waals surface area (Å²) in [6.07, 6.45) is 2.04. The predicted molar refractivity (Wildman–Crippen MR) is 104 cm³/mol. The summed E-state index contributed by atoms with van der Waals surface area (Å²) in [5.74, 6) is 0.0666. The molecule has 0 saturated heterocycles. The number of nitrogens with zero attached hydrogens (tertiary/aromatic N) is 2. The van der Waals surface area contributed by atoms with Gasteiger partial charge >= 0.3 is 5.97 Å². The molecular weight excluding hydrogens is 382 g/mol. The zero-order chi connectivity index (χ0) is 20.3. The molecule has 0 fully saturated rings. The Morgan fingerprint density at radius 3 is 2.75 bits per heavy atom. The Kier molecular flexibility index (Phi) is 5.84. The molecule has 0 unspecified atom stereocenters. The molecule has 28 heavy (non-hydrogen) atoms. The highest BCUT2D eigenvalue weighted by Gasteiger charge is 2.23. The van der Waals surface area contributed by atoms with Gasteiger partial charge in [-0.05, 0) is 51.1 Å². The minimum atomic E-state index is -0.988. The van der Waals surface area contributed by atoms with Gasteiger partial charge in [-0.25, -0.2) is 9.78 Å². The molecule has 3 aromatic rings. The number of carbonyl (C=O) groups is 2. The Morgan fingerprint density at radius 2 is 2.11 bits per heavy atom. The van der Waals surface area contributed by atoms with Crippen LogP contribution in [0.3, 0.4) is 0 Å². The van der Waals surface area contributed by atoms with E-state index in [-0.39, 0.29) is 0 Å². The minimum Gasteiger partial charge on any atom is -0.467 e. The maximum atomic E-state index is 12.6. The van der Waals surface area contributed by atoms with Crippen molar-refractivity contribution >= 4 is 29.3 Å². The van der Waals surface area contributed by atoms with Gasteiger partial charge in [-0.3, -0.25) is 4.79 Å². The van der Waals surface area contributed by atoms with E-state index in [1.807, 2.05) is 30.5 Å². The highest BCUT2D eigenvalue weighted by atomic mass is 35.5. The van der Waals surface area contributed by atoms with Crippen LogP contribution >= 0.6 is 11.6 Å². The first kappa shape index (κ1) is 19.7. The zero-order valence-corrected chi connectivity index (χ0v) is 16.5. The largest absolute Gasteiger partial charge is 0.467 e. The molecule has 0 aromatic carbocycles. The number of hydrogen-bond donors (Lipinski definition) is 1. The minimum absolute atomic E-state index is 0.328. The monoisotopic (exact) mass is 401 g/mol. The SMILES string of the molecule is Cc1cc(C(=O)O[C@@H](C)C(=O)Nc2ccc(Cl)cn2)c(C)n1Cc1ccco1. The van der Waals surface area contributed by atoms with Gasteiger partial charge in [-0.1, -0.05) is 11.6 Å². The second kappa shape index (κ2) is 8.31. The molecule has 8 heteroatoms. The van der Waals surface area contributed by atoms with Crippen LogP contribution in [0.2, 0.25) is 5.02 Å². The molecule has 0 saturated carbocycles. The van der Waals surface area contributed by atoms with Crippen LogP contribution in [0.1, 0.15) is 34.4 Å². The van der Waals surface area contributed by atoms with Crippen LogP contribution in [0, 0.1) is 13.8 Å². The van der Waals surface area contributed by atoms with Crippen LogP contribution in [0.25, 0.3) is 0 Å². The third-order valence-electron chi connectivity index (χ3n) is 4.32. The molecule has 146 valence electrons. The fraction of sp³-hybridized carbons (Fsp3) is 0.250. The number of rotatable bonds is 6. The highest BCUT2D eigenvalue weighted by Crippen LogP contribution is 2.19. The van der Waals surface area contributed by atoms with E-state index >= 15 is 0 Å². The Bertz CT molecular complexity index is 978. The Balaban J connectivity index is 1.66. The normalized spacial score (nSPS) is 11.9. The lowest BCUT2D eigenvalue weighted by molar-refractivity contribution is -0.123. The Hall–Kier alpha value is -3.06. The van der Waals surface area contributed by atoms with Gasteiger partial charge in [-0.2, -0.15) is 0 Å². The van der Waals surface area contributed by atoms with Crippen LogP contribution in [0.5, 0.6) is 0 Å². The maximum absolute atomic E-state index is 12.6. The van der Waals surface area contributed by atoms with E-state index in [2.05, 4.69) is 10.3 Å². The van der Waals surface area contributed by atoms with Crippen molar-refractivity contribution in [1.82, 2.24) is 9.55 Å². The quantitative estimate of drug-likeness (QED) is 0.631. The molecule has 0 aliphatic heterocycles. The maximum Gasteiger partial charge on any atom is 0.340 e. The van der Waals surface area contributed by atoms with Crippen LogP contribution in [-0.4, -0.2) is 27.5 Å². The number of nitrogens with one attached hydrogen (secondary N) is 1. The third kappa shape index (κ3) is 4.43. The Morgan fingerprint density at radius 1 is 1.32 bits per heavy atom. The standard InChI is InChI=1S/C20H20ClN3O4/c1-12-9-17(13(2)24(12)11-16-5-4-8-27-16)20(26)28-14(3)19(25)23-18-7-6-15(21)10-22-18/h4-10,14H,11H2,1-3H3,(H,22,23,25)/t14-/m0/s1. The number of esters is 1. The fourth-order valence-corrected chi connectivity index (χ4v) is 2.88. The molecular formula is C20H20ClN3O4. The summed E-state index contributed by atoms with van der Waals surface area (Å²) in [5.41, 5.74) is 2.04. The summed E-state index contributed by atoms with van der Waals surface area (Å²) in [6, 6.07) is 8.60. The van der Waals surface area contributed by atoms with E-state index < -0.39 is 18.0 Å². The molecule has 1 atom stereocenters. The molecule has 3 heterocycles. The second-order valence-electron chi connectivity index (χ2n) is 6.35. The van der Waals surface area contributed by atoms with Crippen molar-refractivity contribution in [3.63, 3.8) is 0 Å². The number of amides is 1. The van der Waals surface area contributed by atoms with Crippen LogP contribution in [-0.2, 0) is 16.1 Å². The number of aromatic nitrogens is 2. The molecule has 0 radical (unpaired) electrons. The van der Waals surface area contributed by atoms with E-state index in [0.717, 1.165) is 17.1 Å². The van der Waals surface area contributed by atoms with E-state index in [0.29, 0.717) is 22.9 Å². The van der Waals surface area contributed by atoms with Gasteiger partial charge in [0.25, 0.3) is 5.91 Å². The van der Waals surface area contributed by atoms with Gasteiger partial charge in [0.05, 0.1) is 23.4 Å². The van der Waals surface area contributed by atoms with Crippen LogP contribution in [0.4, 0.5) is 5.82 Å². The van der Waals surface area contributed by atoms with Gasteiger partial charge in [-0.15, -0.1) is 0 Å². The van der Waals surface area contributed by atoms with Crippen LogP contribution < -0.4 is 5.32 Å². The number of carbonyl (C=O) groups excluding carboxylic acids is 2. The first-order chi connectivity index (χ1) is 13.3. The van der Waals surface area contributed by atoms with Gasteiger partial charge in [0.15, 0.2) is 6.10 Å². The van der Waals surface area contributed by atoms with Crippen molar-refractivity contribution in [2.45, 2.75) is 33.4 Å². The first-order valence-electron chi connectivity index (χ1n) is 8.67. The Labute approximate surface area is 167 Å². The van der Waals surface area contributed by atoms with Crippen molar-refractivity contribution < 1.29 is 18.7 Å². The number of hydrogen-bond acceptors (Lipinski definition) is 5. The fourth-order valence-electron chi connectivity index (χ4n) is 2.76. The summed E-state index contributed by atoms with van der Waals surface area (Å²) in [5, 5.41) is 3.04. The number of anilines is 1. The summed E-state index contributed by atoms with van der Waals surface area (Å²) in [7, 11) is 0. The number of halogens is 1. The zero-order valence-electron chi connectivity index (χ0n) is 15.7. The lowest BCUT2D eigenvalue weighted by Gasteiger charge is -2.13. The molecule has 3 aromatic heterocycles. The van der Waals surface area contributed by atoms with E-state index in [4.69, 9.17) is 20.8 Å². The summed E-state index contributed by atoms with van der Waals surface area (Å²) >= 11 is 5.77. The number of aryl methyl sites for hydroxylation is 1. The molecule has 0 aliphatic carbocycles. The second-order valence-corrected chi connectivity index (χ2v) is 6.79. The van der Waals surface area contributed by atoms with E-state index in [1.54, 1.807) is 24.5 Å². The number of furan rings is 1. The summed E-state index contributed by atoms with van der Waals surface area (Å²) in [4.78, 5) is 28.8.